The number of aromatic nitrogens is 2. The molecule has 0 aliphatic carbocycles. The van der Waals surface area contributed by atoms with E-state index < -0.39 is 0 Å². The molecule has 0 aliphatic rings. The Morgan fingerprint density at radius 3 is 0.632 bits per heavy atom. The summed E-state index contributed by atoms with van der Waals surface area (Å²) in [4.78, 5) is 9.39. The maximum absolute atomic E-state index is 2.43. The lowest BCUT2D eigenvalue weighted by Crippen LogP contribution is -2.10. The summed E-state index contributed by atoms with van der Waals surface area (Å²) in [5.41, 5.74) is 36.8. The van der Waals surface area contributed by atoms with Crippen LogP contribution in [0.1, 0.15) is 0 Å². The number of fused-ring (bicyclic) bond motifs is 9. The molecule has 0 unspecified atom stereocenters. The van der Waals surface area contributed by atoms with Crippen molar-refractivity contribution < 1.29 is 0 Å². The summed E-state index contributed by atoms with van der Waals surface area (Å²) in [6.45, 7) is 0. The van der Waals surface area contributed by atoms with Crippen molar-refractivity contribution in [1.29, 1.82) is 0 Å². The highest BCUT2D eigenvalue weighted by atomic mass is 15.2. The van der Waals surface area contributed by atoms with Gasteiger partial charge < -0.3 is 28.7 Å². The van der Waals surface area contributed by atoms with Gasteiger partial charge in [-0.1, -0.05) is 376 Å². The molecule has 0 saturated carbocycles. The topological polar surface area (TPSA) is 22.8 Å². The maximum Gasteiger partial charge on any atom is 0.0541 e. The van der Waals surface area contributed by atoms with Crippen LogP contribution in [-0.2, 0) is 0 Å². The molecule has 26 rings (SSSR count). The predicted octanol–water partition coefficient (Wildman–Crippen LogP) is 38.6. The van der Waals surface area contributed by atoms with Crippen LogP contribution in [0.2, 0.25) is 0 Å². The van der Waals surface area contributed by atoms with E-state index in [9.17, 15) is 0 Å². The quantitative estimate of drug-likeness (QED) is 0.0715. The van der Waals surface area contributed by atoms with Gasteiger partial charge in [-0.25, -0.2) is 0 Å². The molecule has 2 heterocycles. The van der Waals surface area contributed by atoms with Crippen LogP contribution in [0, 0.1) is 0 Å². The summed E-state index contributed by atoms with van der Waals surface area (Å²) in [7, 11) is 0. The van der Waals surface area contributed by atoms with E-state index in [0.717, 1.165) is 102 Å². The fraction of sp³-hybridized carbons (Fsp3) is 0. The van der Waals surface area contributed by atoms with Gasteiger partial charge in [0.1, 0.15) is 0 Å². The third-order valence-corrected chi connectivity index (χ3v) is 28.1. The van der Waals surface area contributed by atoms with Crippen LogP contribution in [-0.4, -0.2) is 9.13 Å². The largest absolute Gasteiger partial charge is 0.311 e. The average molecular weight is 1840 g/mol. The molecule has 0 saturated heterocycles. The van der Waals surface area contributed by atoms with E-state index in [4.69, 9.17) is 0 Å². The van der Waals surface area contributed by atoms with E-state index in [1.54, 1.807) is 0 Å². The van der Waals surface area contributed by atoms with Crippen LogP contribution in [0.25, 0.3) is 165 Å². The van der Waals surface area contributed by atoms with E-state index in [1.807, 2.05) is 0 Å². The third kappa shape index (κ3) is 16.9. The van der Waals surface area contributed by atoms with E-state index in [0.29, 0.717) is 0 Å². The van der Waals surface area contributed by atoms with Gasteiger partial charge in [0, 0.05) is 101 Å². The van der Waals surface area contributed by atoms with Gasteiger partial charge in [0.05, 0.1) is 33.4 Å². The summed E-state index contributed by atoms with van der Waals surface area (Å²) < 4.78 is 4.85. The van der Waals surface area contributed by atoms with Crippen LogP contribution in [0.5, 0.6) is 0 Å². The number of hydrogen-bond donors (Lipinski definition) is 0. The molecule has 0 fully saturated rings. The molecule has 26 aromatic rings. The Kier molecular flexibility index (Phi) is 23.0. The zero-order valence-corrected chi connectivity index (χ0v) is 79.1. The standard InChI is InChI=1S/C72H51N3.C66H45N3/c1-6-16-52(17-7-1)55-26-38-64(39-27-55)73(62-22-12-4-13-23-62)66-42-32-58(33-43-66)60-36-48-71-69(50-60)70-51-61(37-49-72(70)75(71)68-46-30-57(31-47-68)54-20-10-3-11-21-54)59-34-44-67(45-35-59)74(63-24-14-5-15-25-63)65-40-28-56(29-41-65)53-18-8-2-9-19-53;1-3-21-54(22-4-1)67(63-27-13-19-49-16-9-11-25-59(49)63)56-36-29-47(30-37-56)52-34-41-65-61(44-52)62-45-53(35-42-66(62)69(65)58-40-33-46-15-7-8-18-51(46)43-58)48-31-38-57(39-32-48)68(55-23-5-2-6-24-55)64-28-14-20-50-17-10-12-26-60(50)64/h1-51H;1-45H. The molecule has 24 aromatic carbocycles. The molecule has 678 valence electrons. The first-order valence-corrected chi connectivity index (χ1v) is 49.3. The molecule has 6 nitrogen and oxygen atoms in total. The molecule has 6 heteroatoms. The van der Waals surface area contributed by atoms with Crippen molar-refractivity contribution in [2.24, 2.45) is 0 Å². The van der Waals surface area contributed by atoms with Gasteiger partial charge in [0.25, 0.3) is 0 Å². The van der Waals surface area contributed by atoms with Gasteiger partial charge in [-0.05, 0) is 306 Å². The molecule has 0 aliphatic heterocycles. The Bertz CT molecular complexity index is 8640. The fourth-order valence-electron chi connectivity index (χ4n) is 21.0. The van der Waals surface area contributed by atoms with Crippen molar-refractivity contribution in [1.82, 2.24) is 9.13 Å². The highest BCUT2D eigenvalue weighted by Gasteiger charge is 2.24. The molecule has 0 atom stereocenters. The minimum Gasteiger partial charge on any atom is -0.311 e. The van der Waals surface area contributed by atoms with E-state index >= 15 is 0 Å². The van der Waals surface area contributed by atoms with Crippen LogP contribution in [0.15, 0.2) is 582 Å². The van der Waals surface area contributed by atoms with Gasteiger partial charge in [0.2, 0.25) is 0 Å². The minimum absolute atomic E-state index is 1.09. The minimum atomic E-state index is 1.09. The number of nitrogens with zero attached hydrogens (tertiary/aromatic N) is 6. The second kappa shape index (κ2) is 38.3. The summed E-state index contributed by atoms with van der Waals surface area (Å²) in [5, 5.41) is 12.2. The second-order valence-electron chi connectivity index (χ2n) is 36.7. The van der Waals surface area contributed by atoms with Crippen molar-refractivity contribution in [2.45, 2.75) is 0 Å². The smallest absolute Gasteiger partial charge is 0.0541 e. The molecule has 0 bridgehead atoms. The summed E-state index contributed by atoms with van der Waals surface area (Å²) in [5.74, 6) is 0. The van der Waals surface area contributed by atoms with Crippen molar-refractivity contribution in [2.75, 3.05) is 19.6 Å². The van der Waals surface area contributed by atoms with E-state index in [-0.39, 0.29) is 0 Å². The van der Waals surface area contributed by atoms with Gasteiger partial charge >= 0.3 is 0 Å². The summed E-state index contributed by atoms with van der Waals surface area (Å²) in [6, 6.07) is 211. The predicted molar refractivity (Wildman–Crippen MR) is 611 cm³/mol. The van der Waals surface area contributed by atoms with E-state index in [2.05, 4.69) is 611 Å². The van der Waals surface area contributed by atoms with Gasteiger partial charge in [0.15, 0.2) is 0 Å². The molecule has 0 amide bonds. The number of anilines is 12. The molecular formula is C138H96N6. The fourth-order valence-corrected chi connectivity index (χ4v) is 21.0. The monoisotopic (exact) mass is 1840 g/mol. The zero-order valence-electron chi connectivity index (χ0n) is 79.1. The molecule has 144 heavy (non-hydrogen) atoms. The lowest BCUT2D eigenvalue weighted by molar-refractivity contribution is 1.18. The molecule has 0 radical (unpaired) electrons. The van der Waals surface area contributed by atoms with Crippen molar-refractivity contribution in [3.63, 3.8) is 0 Å². The van der Waals surface area contributed by atoms with Crippen LogP contribution >= 0.6 is 0 Å². The van der Waals surface area contributed by atoms with Crippen LogP contribution in [0.4, 0.5) is 68.2 Å². The first-order valence-electron chi connectivity index (χ1n) is 49.3. The van der Waals surface area contributed by atoms with Crippen molar-refractivity contribution in [3.8, 4) is 89.3 Å². The number of rotatable bonds is 21. The first kappa shape index (κ1) is 86.4. The van der Waals surface area contributed by atoms with Gasteiger partial charge in [-0.15, -0.1) is 0 Å². The maximum atomic E-state index is 2.43. The lowest BCUT2D eigenvalue weighted by atomic mass is 9.99. The zero-order chi connectivity index (χ0) is 95.6. The van der Waals surface area contributed by atoms with Crippen LogP contribution < -0.4 is 19.6 Å². The Balaban J connectivity index is 0.000000151. The molecule has 0 spiro atoms. The Morgan fingerprint density at radius 2 is 0.319 bits per heavy atom. The Morgan fingerprint density at radius 1 is 0.111 bits per heavy atom. The van der Waals surface area contributed by atoms with Crippen molar-refractivity contribution >= 4 is 144 Å². The summed E-state index contributed by atoms with van der Waals surface area (Å²) in [6.07, 6.45) is 0. The Hall–Kier alpha value is -19.1. The number of hydrogen-bond acceptors (Lipinski definition) is 4. The Labute approximate surface area is 838 Å². The second-order valence-corrected chi connectivity index (χ2v) is 36.7. The SMILES string of the molecule is c1ccc(-c2ccc(N(c3ccccc3)c3ccc(-c4ccc5c(c4)c4cc(-c6ccc(N(c7ccccc7)c7ccc(-c8ccccc8)cc7)cc6)ccc4n5-c4ccc(-c5ccccc5)cc4)cc3)cc2)cc1.c1ccc(N(c2ccc(-c3ccc4c(c3)c3cc(-c5ccc(N(c6ccccc6)c6cccc7ccccc67)cc5)ccc3n4-c3ccc4ccccc4c3)cc2)c2cccc3ccccc23)cc1. The number of benzene rings is 24. The first-order chi connectivity index (χ1) is 71.4. The normalized spacial score (nSPS) is 11.3. The molecular weight excluding hydrogens is 1740 g/mol. The van der Waals surface area contributed by atoms with Crippen molar-refractivity contribution in [3.05, 3.63) is 582 Å². The third-order valence-electron chi connectivity index (χ3n) is 28.1. The van der Waals surface area contributed by atoms with E-state index in [1.165, 1.54) is 132 Å². The molecule has 0 N–H and O–H groups in total. The highest BCUT2D eigenvalue weighted by Crippen LogP contribution is 2.48. The van der Waals surface area contributed by atoms with Gasteiger partial charge in [-0.3, -0.25) is 0 Å². The molecule has 2 aromatic heterocycles. The van der Waals surface area contributed by atoms with Gasteiger partial charge in [-0.2, -0.15) is 0 Å². The van der Waals surface area contributed by atoms with Crippen LogP contribution in [0.3, 0.4) is 0 Å². The highest BCUT2D eigenvalue weighted by molar-refractivity contribution is 6.14. The summed E-state index contributed by atoms with van der Waals surface area (Å²) >= 11 is 0. The number of para-hydroxylation sites is 4. The average Bonchev–Trinajstić information content (AvgIpc) is 1.58. The lowest BCUT2D eigenvalue weighted by Gasteiger charge is -2.27.